The van der Waals surface area contributed by atoms with Crippen molar-refractivity contribution in [1.29, 1.82) is 0 Å². The van der Waals surface area contributed by atoms with Crippen LogP contribution in [0.4, 0.5) is 16.3 Å². The van der Waals surface area contributed by atoms with Crippen molar-refractivity contribution in [1.82, 2.24) is 14.9 Å². The van der Waals surface area contributed by atoms with Gasteiger partial charge in [-0.25, -0.2) is 14.8 Å². The van der Waals surface area contributed by atoms with Crippen molar-refractivity contribution in [2.75, 3.05) is 49.8 Å². The third kappa shape index (κ3) is 7.98. The summed E-state index contributed by atoms with van der Waals surface area (Å²) in [5.41, 5.74) is 2.72. The van der Waals surface area contributed by atoms with Gasteiger partial charge in [0.2, 0.25) is 0 Å². The fourth-order valence-corrected chi connectivity index (χ4v) is 4.85. The Morgan fingerprint density at radius 1 is 1.12 bits per heavy atom. The number of aromatic nitrogens is 2. The molecule has 1 aliphatic rings. The van der Waals surface area contributed by atoms with E-state index in [-0.39, 0.29) is 18.1 Å². The van der Waals surface area contributed by atoms with Gasteiger partial charge in [-0.15, -0.1) is 0 Å². The SMILES string of the molecule is CSc1ncc2c(n1)N(C)CCN(c1cccc(COC(CCN(C)C(=O)OC(C)(C)C)c3ccccc3)c1)C2=O. The second kappa shape index (κ2) is 13.4. The Kier molecular flexibility index (Phi) is 9.88. The van der Waals surface area contributed by atoms with Crippen molar-refractivity contribution < 1.29 is 19.1 Å². The number of rotatable bonds is 9. The van der Waals surface area contributed by atoms with Crippen LogP contribution in [-0.4, -0.2) is 72.5 Å². The first-order valence-electron chi connectivity index (χ1n) is 13.7. The lowest BCUT2D eigenvalue weighted by atomic mass is 10.1. The first-order valence-corrected chi connectivity index (χ1v) is 14.9. The molecule has 3 aromatic rings. The third-order valence-corrected chi connectivity index (χ3v) is 7.26. The Morgan fingerprint density at radius 2 is 1.88 bits per heavy atom. The lowest BCUT2D eigenvalue weighted by Gasteiger charge is -2.26. The van der Waals surface area contributed by atoms with Crippen LogP contribution < -0.4 is 9.80 Å². The molecule has 0 aliphatic carbocycles. The van der Waals surface area contributed by atoms with E-state index in [1.54, 1.807) is 23.0 Å². The third-order valence-electron chi connectivity index (χ3n) is 6.70. The smallest absolute Gasteiger partial charge is 0.410 e. The maximum Gasteiger partial charge on any atom is 0.410 e. The van der Waals surface area contributed by atoms with Crippen molar-refractivity contribution >= 4 is 35.3 Å². The molecule has 0 saturated carbocycles. The minimum atomic E-state index is -0.553. The normalized spacial score (nSPS) is 14.3. The first kappa shape index (κ1) is 30.3. The topological polar surface area (TPSA) is 88.1 Å². The maximum atomic E-state index is 13.6. The second-order valence-electron chi connectivity index (χ2n) is 11.0. The van der Waals surface area contributed by atoms with Gasteiger partial charge in [-0.05, 0) is 56.7 Å². The fraction of sp³-hybridized carbons (Fsp3) is 0.419. The Morgan fingerprint density at radius 3 is 2.59 bits per heavy atom. The van der Waals surface area contributed by atoms with Crippen molar-refractivity contribution in [3.63, 3.8) is 0 Å². The highest BCUT2D eigenvalue weighted by Crippen LogP contribution is 2.29. The van der Waals surface area contributed by atoms with Gasteiger partial charge in [0.15, 0.2) is 5.16 Å². The molecule has 0 fully saturated rings. The number of carbonyl (C=O) groups excluding carboxylic acids is 2. The summed E-state index contributed by atoms with van der Waals surface area (Å²) in [4.78, 5) is 40.3. The van der Waals surface area contributed by atoms with Gasteiger partial charge in [-0.2, -0.15) is 0 Å². The van der Waals surface area contributed by atoms with Crippen LogP contribution in [0, 0.1) is 0 Å². The van der Waals surface area contributed by atoms with Crippen molar-refractivity contribution in [2.24, 2.45) is 0 Å². The molecule has 0 radical (unpaired) electrons. The molecule has 218 valence electrons. The van der Waals surface area contributed by atoms with Crippen LogP contribution in [0.1, 0.15) is 54.8 Å². The first-order chi connectivity index (χ1) is 19.6. The summed E-state index contributed by atoms with van der Waals surface area (Å²) in [6, 6.07) is 17.9. The summed E-state index contributed by atoms with van der Waals surface area (Å²) < 4.78 is 11.9. The Bertz CT molecular complexity index is 1350. The highest BCUT2D eigenvalue weighted by molar-refractivity contribution is 7.98. The van der Waals surface area contributed by atoms with Gasteiger partial charge in [0.1, 0.15) is 17.0 Å². The van der Waals surface area contributed by atoms with Crippen LogP contribution in [0.3, 0.4) is 0 Å². The molecule has 2 amide bonds. The van der Waals surface area contributed by atoms with Crippen molar-refractivity contribution in [2.45, 2.75) is 50.7 Å². The molecular weight excluding hydrogens is 538 g/mol. The largest absolute Gasteiger partial charge is 0.444 e. The molecule has 0 N–H and O–H groups in total. The molecule has 9 nitrogen and oxygen atoms in total. The maximum absolute atomic E-state index is 13.6. The lowest BCUT2D eigenvalue weighted by Crippen LogP contribution is -2.35. The van der Waals surface area contributed by atoms with Gasteiger partial charge < -0.3 is 24.2 Å². The number of benzene rings is 2. The highest BCUT2D eigenvalue weighted by atomic mass is 32.2. The van der Waals surface area contributed by atoms with Gasteiger partial charge in [0.05, 0.1) is 12.7 Å². The van der Waals surface area contributed by atoms with E-state index in [4.69, 9.17) is 9.47 Å². The standard InChI is InChI=1S/C31H39N5O4S/c1-31(2,3)40-30(38)35(5)16-15-26(23-12-8-7-9-13-23)39-21-22-11-10-14-24(19-22)36-18-17-34(4)27-25(28(36)37)20-32-29(33-27)41-6/h7-14,19-20,26H,15-18,21H2,1-6H3. The second-order valence-corrected chi connectivity index (χ2v) is 11.8. The summed E-state index contributed by atoms with van der Waals surface area (Å²) in [5, 5.41) is 0.640. The molecule has 41 heavy (non-hydrogen) atoms. The zero-order valence-corrected chi connectivity index (χ0v) is 25.5. The number of amides is 2. The fourth-order valence-electron chi connectivity index (χ4n) is 4.51. The number of hydrogen-bond acceptors (Lipinski definition) is 8. The monoisotopic (exact) mass is 577 g/mol. The minimum absolute atomic E-state index is 0.123. The Balaban J connectivity index is 1.47. The molecule has 0 saturated heterocycles. The Hall–Kier alpha value is -3.63. The van der Waals surface area contributed by atoms with E-state index in [1.807, 2.05) is 93.6 Å². The van der Waals surface area contributed by atoms with E-state index in [9.17, 15) is 9.59 Å². The predicted octanol–water partition coefficient (Wildman–Crippen LogP) is 5.81. The lowest BCUT2D eigenvalue weighted by molar-refractivity contribution is 0.0137. The predicted molar refractivity (Wildman–Crippen MR) is 163 cm³/mol. The van der Waals surface area contributed by atoms with Crippen LogP contribution in [0.2, 0.25) is 0 Å². The van der Waals surface area contributed by atoms with E-state index in [0.717, 1.165) is 16.8 Å². The number of anilines is 2. The van der Waals surface area contributed by atoms with E-state index in [2.05, 4.69) is 9.97 Å². The molecular formula is C31H39N5O4S. The quantitative estimate of drug-likeness (QED) is 0.233. The van der Waals surface area contributed by atoms with E-state index < -0.39 is 5.60 Å². The molecule has 4 rings (SSSR count). The molecule has 0 bridgehead atoms. The summed E-state index contributed by atoms with van der Waals surface area (Å²) in [6.45, 7) is 7.56. The molecule has 1 aromatic heterocycles. The number of hydrogen-bond donors (Lipinski definition) is 0. The molecule has 2 heterocycles. The molecule has 1 unspecified atom stereocenters. The zero-order chi connectivity index (χ0) is 29.6. The molecule has 0 spiro atoms. The summed E-state index contributed by atoms with van der Waals surface area (Å²) in [5.74, 6) is 0.529. The summed E-state index contributed by atoms with van der Waals surface area (Å²) in [6.07, 6.45) is 3.55. The molecule has 10 heteroatoms. The molecule has 1 atom stereocenters. The zero-order valence-electron chi connectivity index (χ0n) is 24.7. The van der Waals surface area contributed by atoms with Crippen LogP contribution in [0.25, 0.3) is 0 Å². The van der Waals surface area contributed by atoms with Gasteiger partial charge in [-0.1, -0.05) is 54.2 Å². The average molecular weight is 578 g/mol. The number of likely N-dealkylation sites (N-methyl/N-ethyl adjacent to an activating group) is 1. The van der Waals surface area contributed by atoms with Gasteiger partial charge >= 0.3 is 6.09 Å². The van der Waals surface area contributed by atoms with Crippen molar-refractivity contribution in [3.05, 3.63) is 77.5 Å². The summed E-state index contributed by atoms with van der Waals surface area (Å²) in [7, 11) is 3.68. The average Bonchev–Trinajstić information content (AvgIpc) is 3.08. The Labute approximate surface area is 246 Å². The number of thioether (sulfide) groups is 1. The number of fused-ring (bicyclic) bond motifs is 1. The van der Waals surface area contributed by atoms with Gasteiger partial charge in [-0.3, -0.25) is 4.79 Å². The highest BCUT2D eigenvalue weighted by Gasteiger charge is 2.28. The summed E-state index contributed by atoms with van der Waals surface area (Å²) >= 11 is 1.45. The van der Waals surface area contributed by atoms with E-state index in [1.165, 1.54) is 11.8 Å². The minimum Gasteiger partial charge on any atom is -0.444 e. The van der Waals surface area contributed by atoms with Crippen LogP contribution in [0.5, 0.6) is 0 Å². The number of ether oxygens (including phenoxy) is 2. The van der Waals surface area contributed by atoms with E-state index in [0.29, 0.717) is 49.2 Å². The molecule has 2 aromatic carbocycles. The number of carbonyl (C=O) groups is 2. The molecule has 1 aliphatic heterocycles. The van der Waals surface area contributed by atoms with Crippen molar-refractivity contribution in [3.8, 4) is 0 Å². The van der Waals surface area contributed by atoms with Crippen LogP contribution >= 0.6 is 11.8 Å². The van der Waals surface area contributed by atoms with Gasteiger partial charge in [0, 0.05) is 45.6 Å². The van der Waals surface area contributed by atoms with Crippen LogP contribution in [0.15, 0.2) is 66.0 Å². The van der Waals surface area contributed by atoms with E-state index >= 15 is 0 Å². The van der Waals surface area contributed by atoms with Crippen LogP contribution in [-0.2, 0) is 16.1 Å². The number of nitrogens with zero attached hydrogens (tertiary/aromatic N) is 5. The van der Waals surface area contributed by atoms with Gasteiger partial charge in [0.25, 0.3) is 5.91 Å².